The summed E-state index contributed by atoms with van der Waals surface area (Å²) in [6.45, 7) is 6.21. The molecule has 0 aliphatic rings. The van der Waals surface area contributed by atoms with Crippen LogP contribution in [0.25, 0.3) is 0 Å². The van der Waals surface area contributed by atoms with E-state index in [1.807, 2.05) is 12.1 Å². The van der Waals surface area contributed by atoms with Crippen molar-refractivity contribution in [3.05, 3.63) is 59.1 Å². The lowest BCUT2D eigenvalue weighted by molar-refractivity contribution is 0.585. The van der Waals surface area contributed by atoms with Gasteiger partial charge in [-0.3, -0.25) is 0 Å². The van der Waals surface area contributed by atoms with Crippen LogP contribution in [0.15, 0.2) is 58.5 Å². The van der Waals surface area contributed by atoms with Gasteiger partial charge in [-0.25, -0.2) is 8.42 Å². The molecule has 0 fully saturated rings. The lowest BCUT2D eigenvalue weighted by Crippen LogP contribution is -2.12. The Hall–Kier alpha value is -2.38. The van der Waals surface area contributed by atoms with Gasteiger partial charge in [-0.05, 0) is 41.3 Å². The zero-order valence-electron chi connectivity index (χ0n) is 14.6. The summed E-state index contributed by atoms with van der Waals surface area (Å²) < 4.78 is 25.9. The average Bonchev–Trinajstić information content (AvgIpc) is 3.03. The Balaban J connectivity index is 1.95. The van der Waals surface area contributed by atoms with E-state index in [1.165, 1.54) is 0 Å². The summed E-state index contributed by atoms with van der Waals surface area (Å²) >= 11 is 5.96. The van der Waals surface area contributed by atoms with Crippen molar-refractivity contribution in [2.45, 2.75) is 36.1 Å². The maximum Gasteiger partial charge on any atom is 0.229 e. The second kappa shape index (κ2) is 6.74. The topological polar surface area (TPSA) is 87.7 Å². The van der Waals surface area contributed by atoms with Crippen LogP contribution in [0.3, 0.4) is 0 Å². The molecule has 0 aliphatic carbocycles. The summed E-state index contributed by atoms with van der Waals surface area (Å²) in [6, 6.07) is 13.7. The number of nitrogens with zero attached hydrogens (tertiary/aromatic N) is 2. The molecular weight excluding hydrogens is 372 g/mol. The van der Waals surface area contributed by atoms with E-state index >= 15 is 0 Å². The van der Waals surface area contributed by atoms with Gasteiger partial charge in [0.1, 0.15) is 0 Å². The molecule has 0 amide bonds. The van der Waals surface area contributed by atoms with Gasteiger partial charge in [-0.1, -0.05) is 50.6 Å². The molecule has 1 heterocycles. The van der Waals surface area contributed by atoms with E-state index in [9.17, 15) is 8.42 Å². The van der Waals surface area contributed by atoms with E-state index in [-0.39, 0.29) is 21.2 Å². The van der Waals surface area contributed by atoms with Crippen LogP contribution in [0.2, 0.25) is 5.02 Å². The number of anilines is 2. The fourth-order valence-corrected chi connectivity index (χ4v) is 3.86. The van der Waals surface area contributed by atoms with E-state index in [0.29, 0.717) is 10.7 Å². The molecule has 26 heavy (non-hydrogen) atoms. The second-order valence-electron chi connectivity index (χ2n) is 6.89. The number of rotatable bonds is 4. The highest BCUT2D eigenvalue weighted by Crippen LogP contribution is 2.29. The Labute approximate surface area is 157 Å². The molecule has 3 rings (SSSR count). The van der Waals surface area contributed by atoms with Crippen LogP contribution in [-0.2, 0) is 15.3 Å². The highest BCUT2D eigenvalue weighted by atomic mass is 35.5. The monoisotopic (exact) mass is 390 g/mol. The van der Waals surface area contributed by atoms with Crippen LogP contribution in [0.1, 0.15) is 26.3 Å². The molecule has 1 aromatic heterocycles. The van der Waals surface area contributed by atoms with E-state index < -0.39 is 9.84 Å². The van der Waals surface area contributed by atoms with Crippen molar-refractivity contribution < 1.29 is 8.42 Å². The van der Waals surface area contributed by atoms with Crippen LogP contribution in [-0.4, -0.2) is 23.8 Å². The molecule has 0 saturated heterocycles. The van der Waals surface area contributed by atoms with Gasteiger partial charge in [-0.2, -0.15) is 5.21 Å². The molecular formula is C18H19ClN4O2S. The van der Waals surface area contributed by atoms with Crippen LogP contribution in [0, 0.1) is 0 Å². The molecule has 0 bridgehead atoms. The maximum absolute atomic E-state index is 12.9. The van der Waals surface area contributed by atoms with Crippen molar-refractivity contribution in [3.63, 3.8) is 0 Å². The first-order chi connectivity index (χ1) is 12.2. The molecule has 0 aliphatic heterocycles. The molecule has 0 radical (unpaired) electrons. The minimum atomic E-state index is -3.82. The van der Waals surface area contributed by atoms with E-state index in [1.54, 1.807) is 36.4 Å². The summed E-state index contributed by atoms with van der Waals surface area (Å²) in [7, 11) is -3.82. The number of H-pyrrole nitrogens is 1. The number of aromatic amines is 1. The summed E-state index contributed by atoms with van der Waals surface area (Å²) in [5.41, 5.74) is 1.61. The molecule has 136 valence electrons. The van der Waals surface area contributed by atoms with Crippen LogP contribution < -0.4 is 5.32 Å². The molecule has 2 N–H and O–H groups in total. The fourth-order valence-electron chi connectivity index (χ4n) is 2.44. The third-order valence-corrected chi connectivity index (χ3v) is 5.81. The Morgan fingerprint density at radius 2 is 1.73 bits per heavy atom. The molecule has 0 atom stereocenters. The first-order valence-corrected chi connectivity index (χ1v) is 9.83. The second-order valence-corrected chi connectivity index (χ2v) is 9.19. The van der Waals surface area contributed by atoms with Crippen molar-refractivity contribution in [3.8, 4) is 0 Å². The van der Waals surface area contributed by atoms with Crippen molar-refractivity contribution in [2.75, 3.05) is 5.32 Å². The number of halogens is 1. The third-order valence-electron chi connectivity index (χ3n) is 3.89. The molecule has 2 aromatic carbocycles. The molecule has 0 saturated carbocycles. The van der Waals surface area contributed by atoms with E-state index in [2.05, 4.69) is 41.5 Å². The lowest BCUT2D eigenvalue weighted by Gasteiger charge is -2.19. The largest absolute Gasteiger partial charge is 0.336 e. The molecule has 8 heteroatoms. The zero-order chi connectivity index (χ0) is 18.9. The highest BCUT2D eigenvalue weighted by Gasteiger charge is 2.26. The molecule has 0 spiro atoms. The number of hydrogen-bond acceptors (Lipinski definition) is 5. The van der Waals surface area contributed by atoms with Gasteiger partial charge >= 0.3 is 0 Å². The van der Waals surface area contributed by atoms with Crippen molar-refractivity contribution in [2.24, 2.45) is 0 Å². The van der Waals surface area contributed by atoms with Gasteiger partial charge in [0.25, 0.3) is 0 Å². The van der Waals surface area contributed by atoms with Gasteiger partial charge in [-0.15, -0.1) is 10.2 Å². The summed E-state index contributed by atoms with van der Waals surface area (Å²) in [5.74, 6) is 0.118. The summed E-state index contributed by atoms with van der Waals surface area (Å²) in [5, 5.41) is 13.4. The minimum absolute atomic E-state index is 0.0600. The van der Waals surface area contributed by atoms with Gasteiger partial charge < -0.3 is 5.32 Å². The van der Waals surface area contributed by atoms with Crippen LogP contribution in [0.5, 0.6) is 0 Å². The molecule has 0 unspecified atom stereocenters. The van der Waals surface area contributed by atoms with Crippen LogP contribution in [0.4, 0.5) is 11.5 Å². The Kier molecular flexibility index (Phi) is 4.77. The number of nitrogens with one attached hydrogen (secondary N) is 2. The number of sulfone groups is 1. The van der Waals surface area contributed by atoms with Crippen LogP contribution >= 0.6 is 11.6 Å². The number of benzene rings is 2. The number of aromatic nitrogens is 3. The lowest BCUT2D eigenvalue weighted by atomic mass is 9.87. The fraction of sp³-hybridized carbons (Fsp3) is 0.222. The van der Waals surface area contributed by atoms with E-state index in [4.69, 9.17) is 11.6 Å². The molecule has 6 nitrogen and oxygen atoms in total. The van der Waals surface area contributed by atoms with E-state index in [0.717, 1.165) is 5.56 Å². The van der Waals surface area contributed by atoms with Gasteiger partial charge in [0.05, 0.1) is 4.90 Å². The van der Waals surface area contributed by atoms with Gasteiger partial charge in [0.15, 0.2) is 5.82 Å². The van der Waals surface area contributed by atoms with Crippen molar-refractivity contribution >= 4 is 32.9 Å². The average molecular weight is 391 g/mol. The first kappa shape index (κ1) is 18.4. The molecule has 3 aromatic rings. The van der Waals surface area contributed by atoms with Gasteiger partial charge in [0.2, 0.25) is 14.9 Å². The predicted molar refractivity (Wildman–Crippen MR) is 102 cm³/mol. The van der Waals surface area contributed by atoms with Gasteiger partial charge in [0, 0.05) is 10.7 Å². The SMILES string of the molecule is CC(C)(C)c1ccc(S(=O)(=O)c2n[nH]nc2Nc2cccc(Cl)c2)cc1. The smallest absolute Gasteiger partial charge is 0.229 e. The van der Waals surface area contributed by atoms with Crippen molar-refractivity contribution in [1.29, 1.82) is 0 Å². The minimum Gasteiger partial charge on any atom is -0.336 e. The third kappa shape index (κ3) is 3.73. The Morgan fingerprint density at radius 3 is 2.35 bits per heavy atom. The number of hydrogen-bond donors (Lipinski definition) is 2. The van der Waals surface area contributed by atoms with Crippen molar-refractivity contribution in [1.82, 2.24) is 15.4 Å². The Bertz CT molecular complexity index is 1020. The quantitative estimate of drug-likeness (QED) is 0.692. The predicted octanol–water partition coefficient (Wildman–Crippen LogP) is 4.33. The maximum atomic E-state index is 12.9. The summed E-state index contributed by atoms with van der Waals surface area (Å²) in [4.78, 5) is 0.161. The normalized spacial score (nSPS) is 12.2. The zero-order valence-corrected chi connectivity index (χ0v) is 16.2. The Morgan fingerprint density at radius 1 is 1.04 bits per heavy atom. The standard InChI is InChI=1S/C18H19ClN4O2S/c1-18(2,3)12-7-9-15(10-8-12)26(24,25)17-16(21-23-22-17)20-14-6-4-5-13(19)11-14/h4-11H,1-3H3,(H2,20,21,22,23). The summed E-state index contributed by atoms with van der Waals surface area (Å²) in [6.07, 6.45) is 0. The first-order valence-electron chi connectivity index (χ1n) is 7.97. The highest BCUT2D eigenvalue weighted by molar-refractivity contribution is 7.91.